The number of nitrogens with zero attached hydrogens (tertiary/aromatic N) is 4. The van der Waals surface area contributed by atoms with Gasteiger partial charge in [0.1, 0.15) is 11.7 Å². The summed E-state index contributed by atoms with van der Waals surface area (Å²) in [6.45, 7) is 5.53. The maximum Gasteiger partial charge on any atom is 0.338 e. The van der Waals surface area contributed by atoms with Gasteiger partial charge in [-0.25, -0.2) is 9.31 Å². The molecular weight excluding hydrogens is 390 g/mol. The van der Waals surface area contributed by atoms with Crippen molar-refractivity contribution < 1.29 is 9.53 Å². The van der Waals surface area contributed by atoms with Gasteiger partial charge in [-0.15, -0.1) is 5.10 Å². The van der Waals surface area contributed by atoms with Gasteiger partial charge in [0.2, 0.25) is 5.95 Å². The van der Waals surface area contributed by atoms with Crippen molar-refractivity contribution in [3.8, 4) is 17.2 Å². The van der Waals surface area contributed by atoms with Gasteiger partial charge in [0.05, 0.1) is 16.8 Å². The third kappa shape index (κ3) is 4.54. The molecule has 2 aromatic heterocycles. The minimum atomic E-state index is -0.534. The topological polar surface area (TPSA) is 92.3 Å². The van der Waals surface area contributed by atoms with Crippen LogP contribution in [0.3, 0.4) is 0 Å². The zero-order chi connectivity index (χ0) is 22.0. The van der Waals surface area contributed by atoms with Crippen molar-refractivity contribution in [2.75, 3.05) is 5.32 Å². The SMILES string of the molecule is CC(C)(C)OC(=O)c1ccc(-c2ccc3nc(Nc4ccccc4C#N)nn3c2)cc1. The van der Waals surface area contributed by atoms with E-state index in [0.717, 1.165) is 11.1 Å². The summed E-state index contributed by atoms with van der Waals surface area (Å²) in [6.07, 6.45) is 1.87. The number of para-hydroxylation sites is 1. The summed E-state index contributed by atoms with van der Waals surface area (Å²) >= 11 is 0. The molecule has 0 spiro atoms. The van der Waals surface area contributed by atoms with Gasteiger partial charge < -0.3 is 10.1 Å². The van der Waals surface area contributed by atoms with E-state index in [9.17, 15) is 10.1 Å². The molecule has 7 nitrogen and oxygen atoms in total. The highest BCUT2D eigenvalue weighted by Crippen LogP contribution is 2.23. The molecule has 0 aliphatic heterocycles. The van der Waals surface area contributed by atoms with Crippen LogP contribution < -0.4 is 5.32 Å². The van der Waals surface area contributed by atoms with E-state index in [2.05, 4.69) is 21.5 Å². The Hall–Kier alpha value is -4.18. The first-order valence-corrected chi connectivity index (χ1v) is 9.79. The van der Waals surface area contributed by atoms with Gasteiger partial charge in [-0.1, -0.05) is 24.3 Å². The Morgan fingerprint density at radius 1 is 1.03 bits per heavy atom. The number of pyridine rings is 1. The van der Waals surface area contributed by atoms with Crippen LogP contribution in [0, 0.1) is 11.3 Å². The molecule has 0 fully saturated rings. The second kappa shape index (κ2) is 7.92. The van der Waals surface area contributed by atoms with Crippen LogP contribution in [0.2, 0.25) is 0 Å². The second-order valence-corrected chi connectivity index (χ2v) is 8.02. The van der Waals surface area contributed by atoms with Crippen molar-refractivity contribution in [1.82, 2.24) is 14.6 Å². The minimum Gasteiger partial charge on any atom is -0.456 e. The normalized spacial score (nSPS) is 11.2. The number of nitrogens with one attached hydrogen (secondary N) is 1. The lowest BCUT2D eigenvalue weighted by molar-refractivity contribution is 0.00695. The molecule has 0 atom stereocenters. The van der Waals surface area contributed by atoms with E-state index in [1.807, 2.05) is 63.4 Å². The molecule has 31 heavy (non-hydrogen) atoms. The molecule has 1 N–H and O–H groups in total. The van der Waals surface area contributed by atoms with E-state index < -0.39 is 5.60 Å². The van der Waals surface area contributed by atoms with Crippen LogP contribution in [0.1, 0.15) is 36.7 Å². The van der Waals surface area contributed by atoms with Crippen LogP contribution in [-0.2, 0) is 4.74 Å². The number of carbonyl (C=O) groups excluding carboxylic acids is 1. The number of fused-ring (bicyclic) bond motifs is 1. The number of benzene rings is 2. The first-order valence-electron chi connectivity index (χ1n) is 9.79. The monoisotopic (exact) mass is 411 g/mol. The average molecular weight is 411 g/mol. The van der Waals surface area contributed by atoms with Crippen molar-refractivity contribution in [3.63, 3.8) is 0 Å². The lowest BCUT2D eigenvalue weighted by atomic mass is 10.1. The summed E-state index contributed by atoms with van der Waals surface area (Å²) in [5.74, 6) is 0.0549. The quantitative estimate of drug-likeness (QED) is 0.477. The fourth-order valence-electron chi connectivity index (χ4n) is 3.05. The summed E-state index contributed by atoms with van der Waals surface area (Å²) in [5.41, 5.74) is 3.68. The predicted octanol–water partition coefficient (Wildman–Crippen LogP) is 4.97. The molecule has 0 bridgehead atoms. The van der Waals surface area contributed by atoms with Gasteiger partial charge in [-0.05, 0) is 62.7 Å². The molecule has 4 aromatic rings. The number of rotatable bonds is 4. The van der Waals surface area contributed by atoms with E-state index in [1.54, 1.807) is 28.8 Å². The molecule has 0 amide bonds. The van der Waals surface area contributed by atoms with Gasteiger partial charge >= 0.3 is 5.97 Å². The van der Waals surface area contributed by atoms with Gasteiger partial charge in [-0.3, -0.25) is 0 Å². The van der Waals surface area contributed by atoms with Gasteiger partial charge in [0.25, 0.3) is 0 Å². The molecule has 2 heterocycles. The molecule has 154 valence electrons. The first kappa shape index (κ1) is 20.1. The van der Waals surface area contributed by atoms with Crippen molar-refractivity contribution in [2.24, 2.45) is 0 Å². The molecule has 0 aliphatic rings. The molecule has 0 unspecified atom stereocenters. The number of aromatic nitrogens is 3. The molecule has 7 heteroatoms. The van der Waals surface area contributed by atoms with Crippen molar-refractivity contribution in [3.05, 3.63) is 78.0 Å². The second-order valence-electron chi connectivity index (χ2n) is 8.02. The minimum absolute atomic E-state index is 0.348. The Balaban J connectivity index is 1.57. The number of hydrogen-bond acceptors (Lipinski definition) is 6. The molecule has 4 rings (SSSR count). The Labute approximate surface area is 179 Å². The Bertz CT molecular complexity index is 1290. The lowest BCUT2D eigenvalue weighted by Crippen LogP contribution is -2.23. The standard InChI is InChI=1S/C24H21N5O2/c1-24(2,3)31-22(30)17-10-8-16(9-11-17)19-12-13-21-27-23(28-29(21)15-19)26-20-7-5-4-6-18(20)14-25/h4-13,15H,1-3H3,(H,26,28). The fourth-order valence-corrected chi connectivity index (χ4v) is 3.05. The molecule has 0 aliphatic carbocycles. The van der Waals surface area contributed by atoms with Crippen LogP contribution in [0.4, 0.5) is 11.6 Å². The van der Waals surface area contributed by atoms with Crippen LogP contribution in [0.5, 0.6) is 0 Å². The van der Waals surface area contributed by atoms with E-state index >= 15 is 0 Å². The summed E-state index contributed by atoms with van der Waals surface area (Å²) in [4.78, 5) is 16.7. The number of nitriles is 1. The van der Waals surface area contributed by atoms with Crippen molar-refractivity contribution in [2.45, 2.75) is 26.4 Å². The third-order valence-electron chi connectivity index (χ3n) is 4.48. The fraction of sp³-hybridized carbons (Fsp3) is 0.167. The van der Waals surface area contributed by atoms with Crippen LogP contribution in [0.15, 0.2) is 66.9 Å². The first-order chi connectivity index (χ1) is 14.8. The van der Waals surface area contributed by atoms with E-state index in [1.165, 1.54) is 0 Å². The molecule has 0 radical (unpaired) electrons. The Kier molecular flexibility index (Phi) is 5.14. The maximum absolute atomic E-state index is 12.2. The van der Waals surface area contributed by atoms with Crippen LogP contribution >= 0.6 is 0 Å². The zero-order valence-corrected chi connectivity index (χ0v) is 17.5. The largest absolute Gasteiger partial charge is 0.456 e. The smallest absolute Gasteiger partial charge is 0.338 e. The maximum atomic E-state index is 12.2. The van der Waals surface area contributed by atoms with Crippen LogP contribution in [-0.4, -0.2) is 26.2 Å². The summed E-state index contributed by atoms with van der Waals surface area (Å²) in [7, 11) is 0. The summed E-state index contributed by atoms with van der Waals surface area (Å²) in [5, 5.41) is 16.8. The predicted molar refractivity (Wildman–Crippen MR) is 118 cm³/mol. The highest BCUT2D eigenvalue weighted by molar-refractivity contribution is 5.90. The van der Waals surface area contributed by atoms with Crippen LogP contribution in [0.25, 0.3) is 16.8 Å². The average Bonchev–Trinajstić information content (AvgIpc) is 3.14. The zero-order valence-electron chi connectivity index (χ0n) is 17.5. The Morgan fingerprint density at radius 2 is 1.74 bits per heavy atom. The molecular formula is C24H21N5O2. The summed E-state index contributed by atoms with van der Waals surface area (Å²) in [6, 6.07) is 20.4. The Morgan fingerprint density at radius 3 is 2.45 bits per heavy atom. The number of esters is 1. The molecule has 0 saturated heterocycles. The molecule has 2 aromatic carbocycles. The van der Waals surface area contributed by atoms with Gasteiger partial charge in [0, 0.05) is 11.8 Å². The van der Waals surface area contributed by atoms with Crippen molar-refractivity contribution in [1.29, 1.82) is 5.26 Å². The van der Waals surface area contributed by atoms with Crippen molar-refractivity contribution >= 4 is 23.3 Å². The number of hydrogen-bond donors (Lipinski definition) is 1. The van der Waals surface area contributed by atoms with Gasteiger partial charge in [-0.2, -0.15) is 10.2 Å². The third-order valence-corrected chi connectivity index (χ3v) is 4.48. The highest BCUT2D eigenvalue weighted by Gasteiger charge is 2.17. The van der Waals surface area contributed by atoms with E-state index in [0.29, 0.717) is 28.4 Å². The van der Waals surface area contributed by atoms with E-state index in [4.69, 9.17) is 4.74 Å². The number of anilines is 2. The summed E-state index contributed by atoms with van der Waals surface area (Å²) < 4.78 is 7.08. The number of ether oxygens (including phenoxy) is 1. The van der Waals surface area contributed by atoms with E-state index in [-0.39, 0.29) is 5.97 Å². The highest BCUT2D eigenvalue weighted by atomic mass is 16.6. The lowest BCUT2D eigenvalue weighted by Gasteiger charge is -2.19. The number of carbonyl (C=O) groups is 1. The molecule has 0 saturated carbocycles. The van der Waals surface area contributed by atoms with Gasteiger partial charge in [0.15, 0.2) is 5.65 Å².